The van der Waals surface area contributed by atoms with Gasteiger partial charge in [0, 0.05) is 6.54 Å². The highest BCUT2D eigenvalue weighted by molar-refractivity contribution is 6.30. The average Bonchev–Trinajstić information content (AvgIpc) is 2.17. The van der Waals surface area contributed by atoms with Crippen LogP contribution in [-0.2, 0) is 6.54 Å². The number of methoxy groups -OCH3 is 1. The van der Waals surface area contributed by atoms with Gasteiger partial charge in [0.15, 0.2) is 5.15 Å². The van der Waals surface area contributed by atoms with Gasteiger partial charge in [-0.05, 0) is 13.3 Å². The summed E-state index contributed by atoms with van der Waals surface area (Å²) in [6.45, 7) is 2.04. The van der Waals surface area contributed by atoms with Gasteiger partial charge in [0.05, 0.1) is 19.5 Å². The molecule has 0 spiro atoms. The van der Waals surface area contributed by atoms with Crippen molar-refractivity contribution in [1.29, 1.82) is 0 Å². The van der Waals surface area contributed by atoms with Gasteiger partial charge in [0.2, 0.25) is 5.75 Å². The summed E-state index contributed by atoms with van der Waals surface area (Å²) < 4.78 is 6.19. The summed E-state index contributed by atoms with van der Waals surface area (Å²) in [7, 11) is 1.36. The smallest absolute Gasteiger partial charge is 0.297 e. The van der Waals surface area contributed by atoms with E-state index in [4.69, 9.17) is 21.4 Å². The number of aliphatic hydroxyl groups excluding tert-OH is 1. The molecule has 1 unspecified atom stereocenters. The van der Waals surface area contributed by atoms with Crippen LogP contribution in [-0.4, -0.2) is 27.9 Å². The number of nitrogens with zero attached hydrogens (tertiary/aromatic N) is 2. The van der Waals surface area contributed by atoms with Gasteiger partial charge in [-0.15, -0.1) is 0 Å². The van der Waals surface area contributed by atoms with Crippen LogP contribution in [0.15, 0.2) is 11.1 Å². The number of aromatic nitrogens is 2. The topological polar surface area (TPSA) is 64.3 Å². The summed E-state index contributed by atoms with van der Waals surface area (Å²) in [4.78, 5) is 15.5. The van der Waals surface area contributed by atoms with Crippen molar-refractivity contribution in [2.45, 2.75) is 26.0 Å². The number of hydrogen-bond donors (Lipinski definition) is 1. The van der Waals surface area contributed by atoms with Crippen LogP contribution in [0.1, 0.15) is 13.3 Å². The Morgan fingerprint density at radius 3 is 2.93 bits per heavy atom. The lowest BCUT2D eigenvalue weighted by Crippen LogP contribution is -2.23. The molecule has 1 N–H and O–H groups in total. The summed E-state index contributed by atoms with van der Waals surface area (Å²) in [6, 6.07) is 0. The maximum absolute atomic E-state index is 11.7. The summed E-state index contributed by atoms with van der Waals surface area (Å²) in [6.07, 6.45) is 1.36. The molecule has 0 saturated carbocycles. The molecule has 1 heterocycles. The second-order valence-corrected chi connectivity index (χ2v) is 3.56. The Hall–Kier alpha value is -1.07. The predicted octanol–water partition coefficient (Wildman–Crippen LogP) is 0.676. The summed E-state index contributed by atoms with van der Waals surface area (Å²) in [5, 5.41) is 9.14. The van der Waals surface area contributed by atoms with Crippen LogP contribution in [0.5, 0.6) is 5.75 Å². The SMILES string of the molecule is COc1c(Cl)ncn(CCC(C)O)c1=O. The Balaban J connectivity index is 2.95. The fourth-order valence-electron chi connectivity index (χ4n) is 1.11. The largest absolute Gasteiger partial charge is 0.489 e. The van der Waals surface area contributed by atoms with Gasteiger partial charge in [-0.25, -0.2) is 4.98 Å². The van der Waals surface area contributed by atoms with Crippen molar-refractivity contribution >= 4 is 11.6 Å². The van der Waals surface area contributed by atoms with Crippen LogP contribution >= 0.6 is 11.6 Å². The fraction of sp³-hybridized carbons (Fsp3) is 0.556. The Morgan fingerprint density at radius 2 is 2.40 bits per heavy atom. The zero-order valence-corrected chi connectivity index (χ0v) is 9.36. The van der Waals surface area contributed by atoms with Crippen LogP contribution in [0.4, 0.5) is 0 Å². The lowest BCUT2D eigenvalue weighted by Gasteiger charge is -2.08. The summed E-state index contributed by atoms with van der Waals surface area (Å²) in [5.41, 5.74) is -0.335. The molecule has 0 radical (unpaired) electrons. The van der Waals surface area contributed by atoms with Gasteiger partial charge in [0.1, 0.15) is 0 Å². The van der Waals surface area contributed by atoms with E-state index in [9.17, 15) is 4.79 Å². The van der Waals surface area contributed by atoms with Gasteiger partial charge in [-0.1, -0.05) is 11.6 Å². The maximum Gasteiger partial charge on any atom is 0.297 e. The lowest BCUT2D eigenvalue weighted by atomic mass is 10.3. The zero-order valence-electron chi connectivity index (χ0n) is 8.61. The normalized spacial score (nSPS) is 12.5. The molecule has 0 saturated heterocycles. The molecule has 0 aliphatic heterocycles. The molecule has 1 aromatic heterocycles. The highest BCUT2D eigenvalue weighted by Gasteiger charge is 2.10. The Morgan fingerprint density at radius 1 is 1.73 bits per heavy atom. The fourth-order valence-corrected chi connectivity index (χ4v) is 1.31. The van der Waals surface area contributed by atoms with Gasteiger partial charge < -0.3 is 9.84 Å². The highest BCUT2D eigenvalue weighted by Crippen LogP contribution is 2.14. The Bertz CT molecular complexity index is 389. The van der Waals surface area contributed by atoms with E-state index in [0.29, 0.717) is 13.0 Å². The van der Waals surface area contributed by atoms with Crippen molar-refractivity contribution in [2.75, 3.05) is 7.11 Å². The van der Waals surface area contributed by atoms with Gasteiger partial charge in [-0.2, -0.15) is 0 Å². The monoisotopic (exact) mass is 232 g/mol. The van der Waals surface area contributed by atoms with E-state index in [1.807, 2.05) is 0 Å². The van der Waals surface area contributed by atoms with E-state index in [-0.39, 0.29) is 16.5 Å². The molecule has 6 heteroatoms. The van der Waals surface area contributed by atoms with Crippen LogP contribution in [0.3, 0.4) is 0 Å². The van der Waals surface area contributed by atoms with Crippen molar-refractivity contribution in [1.82, 2.24) is 9.55 Å². The summed E-state index contributed by atoms with van der Waals surface area (Å²) in [5.74, 6) is 0.0322. The second kappa shape index (κ2) is 5.14. The number of aryl methyl sites for hydroxylation is 1. The van der Waals surface area contributed by atoms with Gasteiger partial charge >= 0.3 is 0 Å². The third-order valence-corrected chi connectivity index (χ3v) is 2.21. The molecule has 1 aromatic rings. The average molecular weight is 233 g/mol. The van der Waals surface area contributed by atoms with Crippen LogP contribution in [0.2, 0.25) is 5.15 Å². The van der Waals surface area contributed by atoms with Gasteiger partial charge in [0.25, 0.3) is 5.56 Å². The highest BCUT2D eigenvalue weighted by atomic mass is 35.5. The van der Waals surface area contributed by atoms with E-state index >= 15 is 0 Å². The molecule has 0 aromatic carbocycles. The molecular formula is C9H13ClN2O3. The molecule has 5 nitrogen and oxygen atoms in total. The quantitative estimate of drug-likeness (QED) is 0.776. The molecule has 0 fully saturated rings. The first-order valence-corrected chi connectivity index (χ1v) is 4.91. The van der Waals surface area contributed by atoms with E-state index in [0.717, 1.165) is 0 Å². The minimum Gasteiger partial charge on any atom is -0.489 e. The predicted molar refractivity (Wildman–Crippen MR) is 56.4 cm³/mol. The van der Waals surface area contributed by atoms with Crippen molar-refractivity contribution in [3.8, 4) is 5.75 Å². The molecule has 84 valence electrons. The molecular weight excluding hydrogens is 220 g/mol. The zero-order chi connectivity index (χ0) is 11.4. The van der Waals surface area contributed by atoms with E-state index in [2.05, 4.69) is 4.98 Å². The number of aliphatic hydroxyl groups is 1. The maximum atomic E-state index is 11.7. The molecule has 15 heavy (non-hydrogen) atoms. The van der Waals surface area contributed by atoms with Crippen molar-refractivity contribution in [3.05, 3.63) is 21.8 Å². The van der Waals surface area contributed by atoms with Crippen LogP contribution in [0.25, 0.3) is 0 Å². The van der Waals surface area contributed by atoms with Crippen molar-refractivity contribution in [3.63, 3.8) is 0 Å². The molecule has 0 bridgehead atoms. The number of halogens is 1. The van der Waals surface area contributed by atoms with Crippen LogP contribution < -0.4 is 10.3 Å². The van der Waals surface area contributed by atoms with E-state index in [1.54, 1.807) is 6.92 Å². The second-order valence-electron chi connectivity index (χ2n) is 3.20. The van der Waals surface area contributed by atoms with Gasteiger partial charge in [-0.3, -0.25) is 9.36 Å². The third kappa shape index (κ3) is 2.94. The molecule has 0 aliphatic carbocycles. The minimum atomic E-state index is -0.460. The van der Waals surface area contributed by atoms with E-state index in [1.165, 1.54) is 18.0 Å². The number of hydrogen-bond acceptors (Lipinski definition) is 4. The first-order valence-electron chi connectivity index (χ1n) is 4.53. The number of rotatable bonds is 4. The standard InChI is InChI=1S/C9H13ClN2O3/c1-6(13)3-4-12-5-11-8(10)7(15-2)9(12)14/h5-6,13H,3-4H2,1-2H3. The van der Waals surface area contributed by atoms with Crippen LogP contribution in [0, 0.1) is 0 Å². The Kier molecular flexibility index (Phi) is 4.11. The first-order chi connectivity index (χ1) is 7.06. The molecule has 1 rings (SSSR count). The lowest BCUT2D eigenvalue weighted by molar-refractivity contribution is 0.177. The van der Waals surface area contributed by atoms with E-state index < -0.39 is 6.10 Å². The number of ether oxygens (including phenoxy) is 1. The van der Waals surface area contributed by atoms with Crippen molar-refractivity contribution < 1.29 is 9.84 Å². The molecule has 0 amide bonds. The van der Waals surface area contributed by atoms with Crippen molar-refractivity contribution in [2.24, 2.45) is 0 Å². The third-order valence-electron chi connectivity index (χ3n) is 1.94. The minimum absolute atomic E-state index is 0.0322. The summed E-state index contributed by atoms with van der Waals surface area (Å²) >= 11 is 5.67. The molecule has 0 aliphatic rings. The Labute approximate surface area is 92.3 Å². The first kappa shape index (κ1) is 12.0. The molecule has 1 atom stereocenters.